The van der Waals surface area contributed by atoms with Gasteiger partial charge in [0.25, 0.3) is 0 Å². The average molecular weight is 292 g/mol. The molecule has 0 aliphatic rings. The van der Waals surface area contributed by atoms with Crippen LogP contribution in [-0.4, -0.2) is 6.10 Å². The Bertz CT molecular complexity index is 763. The molecule has 0 aromatic heterocycles. The molecule has 112 valence electrons. The number of rotatable bonds is 5. The van der Waals surface area contributed by atoms with Crippen LogP contribution in [0.5, 0.6) is 0 Å². The lowest BCUT2D eigenvalue weighted by Gasteiger charge is -2.15. The molecule has 3 aromatic carbocycles. The number of aryl methyl sites for hydroxylation is 1. The maximum atomic E-state index is 5.46. The summed E-state index contributed by atoms with van der Waals surface area (Å²) in [5.41, 5.74) is 2.46. The summed E-state index contributed by atoms with van der Waals surface area (Å²) in [5.74, 6) is 0. The predicted octanol–water partition coefficient (Wildman–Crippen LogP) is 5.32. The number of hydrogen-bond acceptors (Lipinski definition) is 2. The molecule has 0 aliphatic heterocycles. The summed E-state index contributed by atoms with van der Waals surface area (Å²) in [4.78, 5) is 10.8. The van der Waals surface area contributed by atoms with Gasteiger partial charge in [0.1, 0.15) is 12.7 Å². The summed E-state index contributed by atoms with van der Waals surface area (Å²) in [6.07, 6.45) is 1.59. The minimum absolute atomic E-state index is 0.122. The molecule has 22 heavy (non-hydrogen) atoms. The highest BCUT2D eigenvalue weighted by atomic mass is 17.2. The van der Waals surface area contributed by atoms with Crippen molar-refractivity contribution in [3.63, 3.8) is 0 Å². The van der Waals surface area contributed by atoms with Crippen molar-refractivity contribution in [3.8, 4) is 0 Å². The van der Waals surface area contributed by atoms with Crippen LogP contribution in [0.4, 0.5) is 0 Å². The molecule has 3 aromatic rings. The van der Waals surface area contributed by atoms with Crippen LogP contribution in [-0.2, 0) is 16.4 Å². The van der Waals surface area contributed by atoms with Crippen molar-refractivity contribution >= 4 is 21.5 Å². The first-order chi connectivity index (χ1) is 10.7. The normalized spacial score (nSPS) is 12.6. The van der Waals surface area contributed by atoms with E-state index in [1.807, 2.05) is 6.92 Å². The zero-order valence-corrected chi connectivity index (χ0v) is 13.0. The van der Waals surface area contributed by atoms with Gasteiger partial charge in [0.2, 0.25) is 0 Å². The lowest BCUT2D eigenvalue weighted by atomic mass is 9.93. The maximum Gasteiger partial charge on any atom is 0.108 e. The largest absolute Gasteiger partial charge is 0.231 e. The Hall–Kier alpha value is -2.16. The van der Waals surface area contributed by atoms with E-state index in [-0.39, 0.29) is 6.10 Å². The molecule has 1 atom stereocenters. The molecule has 0 fully saturated rings. The van der Waals surface area contributed by atoms with Crippen molar-refractivity contribution in [2.24, 2.45) is 0 Å². The van der Waals surface area contributed by atoms with Crippen LogP contribution in [0.25, 0.3) is 21.5 Å². The molecule has 1 unspecified atom stereocenters. The van der Waals surface area contributed by atoms with E-state index in [1.165, 1.54) is 27.1 Å². The fraction of sp³-hybridized carbons (Fsp3) is 0.200. The van der Waals surface area contributed by atoms with Crippen LogP contribution >= 0.6 is 0 Å². The second kappa shape index (κ2) is 6.30. The SMILES string of the molecule is C=CC(C)OOCc1c2ccccc2c(C)c2ccccc12. The molecular formula is C20H20O2. The first-order valence-corrected chi connectivity index (χ1v) is 7.52. The van der Waals surface area contributed by atoms with Gasteiger partial charge in [-0.3, -0.25) is 0 Å². The van der Waals surface area contributed by atoms with Crippen LogP contribution in [0.1, 0.15) is 18.1 Å². The second-order valence-electron chi connectivity index (χ2n) is 5.49. The standard InChI is InChI=1S/C20H20O2/c1-4-14(2)22-21-13-20-18-11-7-5-9-16(18)15(3)17-10-6-8-12-19(17)20/h4-12,14H,1,13H2,2-3H3. The van der Waals surface area contributed by atoms with Crippen LogP contribution < -0.4 is 0 Å². The van der Waals surface area contributed by atoms with E-state index in [1.54, 1.807) is 6.08 Å². The molecule has 2 nitrogen and oxygen atoms in total. The van der Waals surface area contributed by atoms with E-state index in [0.717, 1.165) is 5.56 Å². The van der Waals surface area contributed by atoms with Crippen molar-refractivity contribution < 1.29 is 9.78 Å². The van der Waals surface area contributed by atoms with Gasteiger partial charge in [-0.05, 0) is 46.5 Å². The summed E-state index contributed by atoms with van der Waals surface area (Å²) in [6.45, 7) is 8.18. The van der Waals surface area contributed by atoms with Crippen LogP contribution in [0.2, 0.25) is 0 Å². The molecule has 0 aliphatic carbocycles. The van der Waals surface area contributed by atoms with E-state index in [9.17, 15) is 0 Å². The molecular weight excluding hydrogens is 272 g/mol. The van der Waals surface area contributed by atoms with Crippen LogP contribution in [0.3, 0.4) is 0 Å². The van der Waals surface area contributed by atoms with Crippen molar-refractivity contribution in [1.82, 2.24) is 0 Å². The second-order valence-corrected chi connectivity index (χ2v) is 5.49. The summed E-state index contributed by atoms with van der Waals surface area (Å²) in [6, 6.07) is 16.9. The molecule has 0 spiro atoms. The molecule has 0 N–H and O–H groups in total. The van der Waals surface area contributed by atoms with E-state index in [0.29, 0.717) is 6.61 Å². The highest BCUT2D eigenvalue weighted by Crippen LogP contribution is 2.32. The minimum Gasteiger partial charge on any atom is -0.231 e. The smallest absolute Gasteiger partial charge is 0.108 e. The summed E-state index contributed by atoms with van der Waals surface area (Å²) in [5, 5.41) is 4.95. The van der Waals surface area contributed by atoms with E-state index in [4.69, 9.17) is 9.78 Å². The van der Waals surface area contributed by atoms with Gasteiger partial charge >= 0.3 is 0 Å². The Morgan fingerprint density at radius 3 is 1.95 bits per heavy atom. The predicted molar refractivity (Wildman–Crippen MR) is 91.7 cm³/mol. The maximum absolute atomic E-state index is 5.46. The average Bonchev–Trinajstić information content (AvgIpc) is 2.57. The van der Waals surface area contributed by atoms with E-state index in [2.05, 4.69) is 62.0 Å². The number of fused-ring (bicyclic) bond motifs is 2. The zero-order chi connectivity index (χ0) is 15.5. The van der Waals surface area contributed by atoms with Gasteiger partial charge in [-0.1, -0.05) is 54.6 Å². The molecule has 2 heteroatoms. The minimum atomic E-state index is -0.122. The Morgan fingerprint density at radius 2 is 1.45 bits per heavy atom. The van der Waals surface area contributed by atoms with Crippen molar-refractivity contribution in [3.05, 3.63) is 72.3 Å². The monoisotopic (exact) mass is 292 g/mol. The van der Waals surface area contributed by atoms with Crippen molar-refractivity contribution in [1.29, 1.82) is 0 Å². The lowest BCUT2D eigenvalue weighted by molar-refractivity contribution is -0.319. The van der Waals surface area contributed by atoms with Gasteiger partial charge in [-0.25, -0.2) is 9.78 Å². The van der Waals surface area contributed by atoms with Crippen LogP contribution in [0.15, 0.2) is 61.2 Å². The third-order valence-electron chi connectivity index (χ3n) is 4.07. The van der Waals surface area contributed by atoms with E-state index < -0.39 is 0 Å². The Balaban J connectivity index is 2.12. The topological polar surface area (TPSA) is 18.5 Å². The molecule has 0 radical (unpaired) electrons. The quantitative estimate of drug-likeness (QED) is 0.274. The lowest BCUT2D eigenvalue weighted by Crippen LogP contribution is -2.05. The van der Waals surface area contributed by atoms with Crippen LogP contribution in [0, 0.1) is 6.92 Å². The van der Waals surface area contributed by atoms with Crippen molar-refractivity contribution in [2.75, 3.05) is 0 Å². The number of benzene rings is 3. The summed E-state index contributed by atoms with van der Waals surface area (Å²) >= 11 is 0. The van der Waals surface area contributed by atoms with Gasteiger partial charge in [0.05, 0.1) is 0 Å². The molecule has 0 amide bonds. The molecule has 3 rings (SSSR count). The molecule has 0 saturated heterocycles. The van der Waals surface area contributed by atoms with Gasteiger partial charge in [-0.15, -0.1) is 6.58 Å². The fourth-order valence-corrected chi connectivity index (χ4v) is 2.83. The highest BCUT2D eigenvalue weighted by Gasteiger charge is 2.11. The van der Waals surface area contributed by atoms with E-state index >= 15 is 0 Å². The fourth-order valence-electron chi connectivity index (χ4n) is 2.83. The molecule has 0 heterocycles. The number of hydrogen-bond donors (Lipinski definition) is 0. The molecule has 0 saturated carbocycles. The Kier molecular flexibility index (Phi) is 4.23. The first-order valence-electron chi connectivity index (χ1n) is 7.52. The third-order valence-corrected chi connectivity index (χ3v) is 4.07. The first kappa shape index (κ1) is 14.8. The van der Waals surface area contributed by atoms with Crippen molar-refractivity contribution in [2.45, 2.75) is 26.6 Å². The Morgan fingerprint density at radius 1 is 0.955 bits per heavy atom. The molecule has 0 bridgehead atoms. The highest BCUT2D eigenvalue weighted by molar-refractivity contribution is 6.05. The summed E-state index contributed by atoms with van der Waals surface area (Å²) < 4.78 is 0. The van der Waals surface area contributed by atoms with Gasteiger partial charge in [-0.2, -0.15) is 0 Å². The third kappa shape index (κ3) is 2.63. The van der Waals surface area contributed by atoms with Gasteiger partial charge < -0.3 is 0 Å². The zero-order valence-electron chi connectivity index (χ0n) is 13.0. The summed E-state index contributed by atoms with van der Waals surface area (Å²) in [7, 11) is 0. The van der Waals surface area contributed by atoms with Gasteiger partial charge in [0.15, 0.2) is 0 Å². The van der Waals surface area contributed by atoms with Gasteiger partial charge in [0, 0.05) is 0 Å². The Labute approximate surface area is 130 Å².